The number of nitrogens with one attached hydrogen (secondary N) is 1. The van der Waals surface area contributed by atoms with Crippen molar-refractivity contribution in [2.45, 2.75) is 12.5 Å². The van der Waals surface area contributed by atoms with E-state index in [1.54, 1.807) is 0 Å². The van der Waals surface area contributed by atoms with Crippen LogP contribution >= 0.6 is 0 Å². The number of aromatic carboxylic acids is 1. The second kappa shape index (κ2) is 5.92. The quantitative estimate of drug-likeness (QED) is 0.690. The lowest BCUT2D eigenvalue weighted by molar-refractivity contribution is -0.117. The summed E-state index contributed by atoms with van der Waals surface area (Å²) in [6, 6.07) is 2.60. The second-order valence-corrected chi connectivity index (χ2v) is 3.59. The number of carbonyl (C=O) groups excluding carboxylic acids is 1. The van der Waals surface area contributed by atoms with E-state index in [0.29, 0.717) is 0 Å². The molecule has 0 aliphatic carbocycles. The molecule has 1 unspecified atom stereocenters. The molecule has 0 aliphatic rings. The summed E-state index contributed by atoms with van der Waals surface area (Å²) in [5.41, 5.74) is 4.79. The Morgan fingerprint density at radius 3 is 2.78 bits per heavy atom. The Kier molecular flexibility index (Phi) is 4.56. The Morgan fingerprint density at radius 1 is 1.56 bits per heavy atom. The molecule has 18 heavy (non-hydrogen) atoms. The number of hydrogen-bond acceptors (Lipinski definition) is 3. The maximum Gasteiger partial charge on any atom is 0.337 e. The normalized spacial score (nSPS) is 11.7. The lowest BCUT2D eigenvalue weighted by atomic mass is 10.1. The first-order valence-electron chi connectivity index (χ1n) is 5.16. The van der Waals surface area contributed by atoms with Crippen molar-refractivity contribution in [3.05, 3.63) is 42.2 Å². The number of rotatable bonds is 5. The molecule has 0 bridgehead atoms. The van der Waals surface area contributed by atoms with Crippen LogP contribution in [0.3, 0.4) is 0 Å². The van der Waals surface area contributed by atoms with Crippen molar-refractivity contribution in [3.63, 3.8) is 0 Å². The monoisotopic (exact) mass is 252 g/mol. The van der Waals surface area contributed by atoms with E-state index < -0.39 is 23.7 Å². The van der Waals surface area contributed by atoms with E-state index in [2.05, 4.69) is 11.9 Å². The third kappa shape index (κ3) is 3.14. The molecule has 0 aromatic heterocycles. The van der Waals surface area contributed by atoms with E-state index in [1.807, 2.05) is 0 Å². The number of anilines is 1. The molecule has 0 saturated carbocycles. The molecule has 1 aromatic rings. The van der Waals surface area contributed by atoms with Crippen molar-refractivity contribution in [1.29, 1.82) is 0 Å². The van der Waals surface area contributed by atoms with Gasteiger partial charge in [0.1, 0.15) is 5.82 Å². The standard InChI is InChI=1S/C12H13FN2O3/c1-2-4-9(14)11(16)15-10-7(12(17)18)5-3-6-8(10)13/h2-3,5-6,9H,1,4,14H2,(H,15,16)(H,17,18). The topological polar surface area (TPSA) is 92.4 Å². The predicted molar refractivity (Wildman–Crippen MR) is 64.8 cm³/mol. The number of benzene rings is 1. The van der Waals surface area contributed by atoms with E-state index in [0.717, 1.165) is 6.07 Å². The van der Waals surface area contributed by atoms with Gasteiger partial charge in [0.2, 0.25) is 5.91 Å². The first kappa shape index (κ1) is 13.9. The fourth-order valence-electron chi connectivity index (χ4n) is 1.33. The first-order valence-corrected chi connectivity index (χ1v) is 5.16. The van der Waals surface area contributed by atoms with Crippen LogP contribution in [-0.2, 0) is 4.79 Å². The number of para-hydroxylation sites is 1. The van der Waals surface area contributed by atoms with Gasteiger partial charge in [-0.3, -0.25) is 4.79 Å². The number of halogens is 1. The van der Waals surface area contributed by atoms with Crippen molar-refractivity contribution in [2.24, 2.45) is 5.73 Å². The molecule has 1 rings (SSSR count). The zero-order valence-corrected chi connectivity index (χ0v) is 9.52. The molecule has 1 amide bonds. The van der Waals surface area contributed by atoms with Crippen molar-refractivity contribution in [2.75, 3.05) is 5.32 Å². The SMILES string of the molecule is C=CCC(N)C(=O)Nc1c(F)cccc1C(=O)O. The highest BCUT2D eigenvalue weighted by molar-refractivity contribution is 6.02. The summed E-state index contributed by atoms with van der Waals surface area (Å²) in [6.07, 6.45) is 1.66. The molecule has 0 heterocycles. The molecule has 0 fully saturated rings. The first-order chi connectivity index (χ1) is 8.47. The number of hydrogen-bond donors (Lipinski definition) is 3. The van der Waals surface area contributed by atoms with Crippen LogP contribution in [0.1, 0.15) is 16.8 Å². The summed E-state index contributed by atoms with van der Waals surface area (Å²) >= 11 is 0. The summed E-state index contributed by atoms with van der Waals surface area (Å²) in [4.78, 5) is 22.5. The smallest absolute Gasteiger partial charge is 0.337 e. The average Bonchev–Trinajstić information content (AvgIpc) is 2.31. The maximum atomic E-state index is 13.5. The average molecular weight is 252 g/mol. The molecule has 0 aliphatic heterocycles. The van der Waals surface area contributed by atoms with Gasteiger partial charge in [-0.15, -0.1) is 6.58 Å². The summed E-state index contributed by atoms with van der Waals surface area (Å²) in [5.74, 6) is -2.82. The largest absolute Gasteiger partial charge is 0.478 e. The lowest BCUT2D eigenvalue weighted by Gasteiger charge is -2.12. The van der Waals surface area contributed by atoms with Gasteiger partial charge in [-0.25, -0.2) is 9.18 Å². The van der Waals surface area contributed by atoms with Gasteiger partial charge in [-0.05, 0) is 18.6 Å². The summed E-state index contributed by atoms with van der Waals surface area (Å²) in [7, 11) is 0. The van der Waals surface area contributed by atoms with Crippen molar-refractivity contribution in [3.8, 4) is 0 Å². The Labute approximate surface area is 103 Å². The molecule has 5 nitrogen and oxygen atoms in total. The minimum atomic E-state index is -1.33. The number of nitrogens with two attached hydrogens (primary N) is 1. The second-order valence-electron chi connectivity index (χ2n) is 3.59. The molecule has 6 heteroatoms. The maximum absolute atomic E-state index is 13.5. The highest BCUT2D eigenvalue weighted by Gasteiger charge is 2.19. The molecule has 1 aromatic carbocycles. The predicted octanol–water partition coefficient (Wildman–Crippen LogP) is 1.37. The van der Waals surface area contributed by atoms with Crippen molar-refractivity contribution < 1.29 is 19.1 Å². The van der Waals surface area contributed by atoms with Gasteiger partial charge in [0.25, 0.3) is 0 Å². The van der Waals surface area contributed by atoms with Crippen LogP contribution in [-0.4, -0.2) is 23.0 Å². The molecule has 1 atom stereocenters. The summed E-state index contributed by atoms with van der Waals surface area (Å²) in [6.45, 7) is 3.43. The van der Waals surface area contributed by atoms with Gasteiger partial charge in [0, 0.05) is 0 Å². The van der Waals surface area contributed by atoms with Gasteiger partial charge in [-0.2, -0.15) is 0 Å². The summed E-state index contributed by atoms with van der Waals surface area (Å²) < 4.78 is 13.5. The fraction of sp³-hybridized carbons (Fsp3) is 0.167. The highest BCUT2D eigenvalue weighted by atomic mass is 19.1. The molecule has 96 valence electrons. The Morgan fingerprint density at radius 2 is 2.22 bits per heavy atom. The van der Waals surface area contributed by atoms with E-state index in [-0.39, 0.29) is 17.7 Å². The molecule has 0 radical (unpaired) electrons. The minimum Gasteiger partial charge on any atom is -0.478 e. The van der Waals surface area contributed by atoms with Crippen LogP contribution in [0.2, 0.25) is 0 Å². The number of amides is 1. The molecular formula is C12H13FN2O3. The van der Waals surface area contributed by atoms with E-state index in [1.165, 1.54) is 18.2 Å². The Balaban J connectivity index is 3.00. The number of carboxylic acid groups (broad SMARTS) is 1. The van der Waals surface area contributed by atoms with Gasteiger partial charge in [0.15, 0.2) is 0 Å². The van der Waals surface area contributed by atoms with Gasteiger partial charge in [-0.1, -0.05) is 12.1 Å². The van der Waals surface area contributed by atoms with Crippen LogP contribution in [0.25, 0.3) is 0 Å². The minimum absolute atomic E-state index is 0.211. The van der Waals surface area contributed by atoms with Gasteiger partial charge >= 0.3 is 5.97 Å². The number of carboxylic acids is 1. The zero-order valence-electron chi connectivity index (χ0n) is 9.52. The number of carbonyl (C=O) groups is 2. The fourth-order valence-corrected chi connectivity index (χ4v) is 1.33. The zero-order chi connectivity index (χ0) is 13.7. The van der Waals surface area contributed by atoms with Crippen LogP contribution in [0, 0.1) is 5.82 Å². The van der Waals surface area contributed by atoms with Crippen molar-refractivity contribution >= 4 is 17.6 Å². The van der Waals surface area contributed by atoms with Crippen LogP contribution in [0.15, 0.2) is 30.9 Å². The molecular weight excluding hydrogens is 239 g/mol. The molecule has 0 spiro atoms. The van der Waals surface area contributed by atoms with Crippen LogP contribution in [0.4, 0.5) is 10.1 Å². The van der Waals surface area contributed by atoms with Gasteiger partial charge in [0.05, 0.1) is 17.3 Å². The third-order valence-electron chi connectivity index (χ3n) is 2.25. The highest BCUT2D eigenvalue weighted by Crippen LogP contribution is 2.20. The van der Waals surface area contributed by atoms with E-state index >= 15 is 0 Å². The Bertz CT molecular complexity index is 488. The van der Waals surface area contributed by atoms with E-state index in [4.69, 9.17) is 10.8 Å². The molecule has 0 saturated heterocycles. The molecule has 4 N–H and O–H groups in total. The Hall–Kier alpha value is -2.21. The van der Waals surface area contributed by atoms with E-state index in [9.17, 15) is 14.0 Å². The van der Waals surface area contributed by atoms with Gasteiger partial charge < -0.3 is 16.2 Å². The third-order valence-corrected chi connectivity index (χ3v) is 2.25. The summed E-state index contributed by atoms with van der Waals surface area (Å²) in [5, 5.41) is 11.1. The lowest BCUT2D eigenvalue weighted by Crippen LogP contribution is -2.35. The van der Waals surface area contributed by atoms with Crippen LogP contribution in [0.5, 0.6) is 0 Å². The van der Waals surface area contributed by atoms with Crippen molar-refractivity contribution in [1.82, 2.24) is 0 Å². The van der Waals surface area contributed by atoms with Crippen LogP contribution < -0.4 is 11.1 Å².